The molecular formula is C5H9NNa2O4. The predicted molar refractivity (Wildman–Crippen MR) is 44.0 cm³/mol. The van der Waals surface area contributed by atoms with Crippen molar-refractivity contribution in [2.75, 3.05) is 0 Å². The second-order valence-corrected chi connectivity index (χ2v) is 1.88. The molecule has 7 heteroatoms. The summed E-state index contributed by atoms with van der Waals surface area (Å²) in [5, 5.41) is 16.3. The van der Waals surface area contributed by atoms with Gasteiger partial charge in [-0.2, -0.15) is 0 Å². The van der Waals surface area contributed by atoms with Crippen LogP contribution >= 0.6 is 0 Å². The average molecular weight is 193 g/mol. The van der Waals surface area contributed by atoms with Crippen LogP contribution in [0.5, 0.6) is 0 Å². The second kappa shape index (κ2) is 9.98. The van der Waals surface area contributed by atoms with E-state index in [1.165, 1.54) is 0 Å². The van der Waals surface area contributed by atoms with E-state index in [0.29, 0.717) is 0 Å². The van der Waals surface area contributed by atoms with Gasteiger partial charge < -0.3 is 15.9 Å². The standard InChI is InChI=1S/C5H9NO4.2Na/c6-3(5(9)10)1-2-4(7)8;;/h3H,1-2,6H2,(H,7,8)(H,9,10);;. The van der Waals surface area contributed by atoms with E-state index in [4.69, 9.17) is 15.9 Å². The molecular weight excluding hydrogens is 184 g/mol. The number of carboxylic acid groups (broad SMARTS) is 2. The van der Waals surface area contributed by atoms with E-state index in [1.807, 2.05) is 0 Å². The largest absolute Gasteiger partial charge is 0.481 e. The van der Waals surface area contributed by atoms with Gasteiger partial charge in [-0.1, -0.05) is 0 Å². The van der Waals surface area contributed by atoms with Crippen LogP contribution in [-0.4, -0.2) is 87.3 Å². The normalized spacial score (nSPS) is 10.4. The molecule has 5 nitrogen and oxygen atoms in total. The summed E-state index contributed by atoms with van der Waals surface area (Å²) in [6, 6.07) is -1.06. The molecule has 0 spiro atoms. The Labute approximate surface area is 114 Å². The predicted octanol–water partition coefficient (Wildman–Crippen LogP) is -1.50. The first-order chi connectivity index (χ1) is 4.54. The quantitative estimate of drug-likeness (QED) is 0.472. The zero-order valence-corrected chi connectivity index (χ0v) is 11.3. The maximum atomic E-state index is 9.99. The van der Waals surface area contributed by atoms with Crippen molar-refractivity contribution in [3.05, 3.63) is 0 Å². The molecule has 0 heterocycles. The summed E-state index contributed by atoms with van der Waals surface area (Å²) in [6.45, 7) is 0. The molecule has 1 atom stereocenters. The van der Waals surface area contributed by atoms with E-state index in [0.717, 1.165) is 0 Å². The molecule has 0 amide bonds. The van der Waals surface area contributed by atoms with Crippen LogP contribution in [0.1, 0.15) is 12.8 Å². The number of aliphatic carboxylic acids is 2. The van der Waals surface area contributed by atoms with E-state index in [9.17, 15) is 9.59 Å². The fraction of sp³-hybridized carbons (Fsp3) is 0.600. The van der Waals surface area contributed by atoms with Gasteiger partial charge in [-0.05, 0) is 6.42 Å². The summed E-state index contributed by atoms with van der Waals surface area (Å²) in [6.07, 6.45) is -0.224. The molecule has 0 saturated carbocycles. The molecule has 0 saturated heterocycles. The van der Waals surface area contributed by atoms with Crippen molar-refractivity contribution in [1.82, 2.24) is 0 Å². The number of rotatable bonds is 4. The zero-order chi connectivity index (χ0) is 8.15. The van der Waals surface area contributed by atoms with Crippen molar-refractivity contribution in [3.63, 3.8) is 0 Å². The van der Waals surface area contributed by atoms with Gasteiger partial charge >= 0.3 is 11.9 Å². The van der Waals surface area contributed by atoms with Crippen molar-refractivity contribution in [3.8, 4) is 0 Å². The molecule has 0 aliphatic heterocycles. The number of hydrogen-bond donors (Lipinski definition) is 3. The van der Waals surface area contributed by atoms with E-state index in [2.05, 4.69) is 0 Å². The zero-order valence-electron chi connectivity index (χ0n) is 7.28. The minimum Gasteiger partial charge on any atom is -0.481 e. The molecule has 0 fully saturated rings. The molecule has 0 bridgehead atoms. The Kier molecular flexibility index (Phi) is 15.5. The van der Waals surface area contributed by atoms with Gasteiger partial charge in [0.1, 0.15) is 6.04 Å². The van der Waals surface area contributed by atoms with Crippen LogP contribution in [0, 0.1) is 0 Å². The Hall–Kier alpha value is 0.900. The van der Waals surface area contributed by atoms with Gasteiger partial charge in [-0.15, -0.1) is 0 Å². The van der Waals surface area contributed by atoms with E-state index < -0.39 is 18.0 Å². The van der Waals surface area contributed by atoms with Gasteiger partial charge in [0, 0.05) is 65.5 Å². The van der Waals surface area contributed by atoms with E-state index in [-0.39, 0.29) is 72.0 Å². The molecule has 0 aromatic rings. The van der Waals surface area contributed by atoms with Crippen LogP contribution in [0.2, 0.25) is 0 Å². The fourth-order valence-electron chi connectivity index (χ4n) is 0.402. The van der Waals surface area contributed by atoms with Crippen LogP contribution in [0.25, 0.3) is 0 Å². The van der Waals surface area contributed by atoms with Gasteiger partial charge in [0.05, 0.1) is 0 Å². The van der Waals surface area contributed by atoms with Crippen LogP contribution in [0.3, 0.4) is 0 Å². The Morgan fingerprint density at radius 2 is 1.67 bits per heavy atom. The molecule has 2 radical (unpaired) electrons. The van der Waals surface area contributed by atoms with Gasteiger partial charge in [0.25, 0.3) is 0 Å². The molecule has 0 aromatic heterocycles. The minimum atomic E-state index is -1.17. The SMILES string of the molecule is NC(CCC(=O)O)C(=O)O.[Na].[Na]. The monoisotopic (exact) mass is 193 g/mol. The summed E-state index contributed by atoms with van der Waals surface area (Å²) in [4.78, 5) is 19.9. The second-order valence-electron chi connectivity index (χ2n) is 1.88. The topological polar surface area (TPSA) is 101 Å². The van der Waals surface area contributed by atoms with Gasteiger partial charge in [-0.25, -0.2) is 0 Å². The number of carboxylic acids is 2. The maximum absolute atomic E-state index is 9.99. The molecule has 0 rings (SSSR count). The maximum Gasteiger partial charge on any atom is 0.320 e. The Balaban J connectivity index is -0.000000405. The number of nitrogens with two attached hydrogens (primary N) is 1. The fourth-order valence-corrected chi connectivity index (χ4v) is 0.402. The Morgan fingerprint density at radius 3 is 1.92 bits per heavy atom. The number of carbonyl (C=O) groups is 2. The average Bonchev–Trinajstić information content (AvgIpc) is 1.82. The van der Waals surface area contributed by atoms with Gasteiger partial charge in [0.2, 0.25) is 0 Å². The molecule has 0 aliphatic rings. The third-order valence-corrected chi connectivity index (χ3v) is 0.986. The first-order valence-electron chi connectivity index (χ1n) is 2.74. The Bertz CT molecular complexity index is 152. The van der Waals surface area contributed by atoms with Gasteiger partial charge in [0.15, 0.2) is 0 Å². The number of hydrogen-bond acceptors (Lipinski definition) is 3. The van der Waals surface area contributed by atoms with Crippen LogP contribution in [-0.2, 0) is 9.59 Å². The summed E-state index contributed by atoms with van der Waals surface area (Å²) in [5.41, 5.74) is 5.00. The third kappa shape index (κ3) is 10.9. The van der Waals surface area contributed by atoms with Crippen molar-refractivity contribution < 1.29 is 19.8 Å². The molecule has 0 aliphatic carbocycles. The van der Waals surface area contributed by atoms with Crippen LogP contribution in [0.15, 0.2) is 0 Å². The van der Waals surface area contributed by atoms with Gasteiger partial charge in [-0.3, -0.25) is 9.59 Å². The van der Waals surface area contributed by atoms with Crippen molar-refractivity contribution in [2.45, 2.75) is 18.9 Å². The minimum absolute atomic E-state index is 0. The summed E-state index contributed by atoms with van der Waals surface area (Å²) in [7, 11) is 0. The van der Waals surface area contributed by atoms with E-state index >= 15 is 0 Å². The van der Waals surface area contributed by atoms with Crippen LogP contribution < -0.4 is 5.73 Å². The molecule has 4 N–H and O–H groups in total. The summed E-state index contributed by atoms with van der Waals surface area (Å²) >= 11 is 0. The third-order valence-electron chi connectivity index (χ3n) is 0.986. The molecule has 12 heavy (non-hydrogen) atoms. The summed E-state index contributed by atoms with van der Waals surface area (Å²) in [5.74, 6) is -2.20. The van der Waals surface area contributed by atoms with Crippen molar-refractivity contribution >= 4 is 71.1 Å². The van der Waals surface area contributed by atoms with Crippen molar-refractivity contribution in [1.29, 1.82) is 0 Å². The smallest absolute Gasteiger partial charge is 0.320 e. The Morgan fingerprint density at radius 1 is 1.25 bits per heavy atom. The summed E-state index contributed by atoms with van der Waals surface area (Å²) < 4.78 is 0. The molecule has 0 aromatic carbocycles. The first-order valence-corrected chi connectivity index (χ1v) is 2.74. The molecule has 1 unspecified atom stereocenters. The first kappa shape index (κ1) is 18.6. The van der Waals surface area contributed by atoms with E-state index in [1.54, 1.807) is 0 Å². The van der Waals surface area contributed by atoms with Crippen LogP contribution in [0.4, 0.5) is 0 Å². The molecule has 60 valence electrons. The van der Waals surface area contributed by atoms with Crippen molar-refractivity contribution in [2.24, 2.45) is 5.73 Å².